The molecule has 0 fully saturated rings. The van der Waals surface area contributed by atoms with Gasteiger partial charge in [-0.15, -0.1) is 0 Å². The fourth-order valence-corrected chi connectivity index (χ4v) is 5.88. The van der Waals surface area contributed by atoms with E-state index in [0.29, 0.717) is 25.7 Å². The van der Waals surface area contributed by atoms with Gasteiger partial charge in [-0.05, 0) is 49.5 Å². The number of benzene rings is 1. The van der Waals surface area contributed by atoms with Gasteiger partial charge in [0.05, 0.1) is 44.2 Å². The van der Waals surface area contributed by atoms with Crippen LogP contribution in [0.2, 0.25) is 0 Å². The number of nitrogens with one attached hydrogen (secondary N) is 5. The molecule has 53 heavy (non-hydrogen) atoms. The van der Waals surface area contributed by atoms with Crippen LogP contribution in [0.3, 0.4) is 0 Å². The van der Waals surface area contributed by atoms with E-state index < -0.39 is 77.9 Å². The largest absolute Gasteiger partial charge is 0.469 e. The fraction of sp³-hybridized carbons (Fsp3) is 0.692. The van der Waals surface area contributed by atoms with Gasteiger partial charge in [-0.2, -0.15) is 0 Å². The molecule has 0 aromatic heterocycles. The van der Waals surface area contributed by atoms with E-state index in [-0.39, 0.29) is 43.4 Å². The molecule has 0 radical (unpaired) electrons. The van der Waals surface area contributed by atoms with Crippen LogP contribution in [0.5, 0.6) is 0 Å². The highest BCUT2D eigenvalue weighted by atomic mass is 16.5. The number of carbonyl (C=O) groups is 6. The Morgan fingerprint density at radius 2 is 1.25 bits per heavy atom. The Bertz CT molecular complexity index is 1310. The normalized spacial score (nSPS) is 15.4. The Morgan fingerprint density at radius 3 is 1.79 bits per heavy atom. The molecule has 5 amide bonds. The predicted octanol–water partition coefficient (Wildman–Crippen LogP) is 2.29. The van der Waals surface area contributed by atoms with E-state index >= 15 is 0 Å². The predicted molar refractivity (Wildman–Crippen MR) is 202 cm³/mol. The highest BCUT2D eigenvalue weighted by molar-refractivity contribution is 5.99. The summed E-state index contributed by atoms with van der Waals surface area (Å²) in [5.41, 5.74) is 0.791. The molecule has 1 rings (SSSR count). The second kappa shape index (κ2) is 24.4. The van der Waals surface area contributed by atoms with Crippen LogP contribution in [-0.2, 0) is 39.9 Å². The second-order valence-electron chi connectivity index (χ2n) is 15.2. The molecule has 1 aromatic carbocycles. The van der Waals surface area contributed by atoms with Crippen LogP contribution in [0.15, 0.2) is 30.3 Å². The lowest BCUT2D eigenvalue weighted by molar-refractivity contribution is -0.144. The van der Waals surface area contributed by atoms with Crippen LogP contribution in [0.1, 0.15) is 106 Å². The molecule has 7 unspecified atom stereocenters. The lowest BCUT2D eigenvalue weighted by Crippen LogP contribution is -2.57. The van der Waals surface area contributed by atoms with Crippen LogP contribution in [-0.4, -0.2) is 95.2 Å². The first kappa shape index (κ1) is 47.1. The van der Waals surface area contributed by atoms with Crippen molar-refractivity contribution in [2.24, 2.45) is 17.8 Å². The summed E-state index contributed by atoms with van der Waals surface area (Å²) in [4.78, 5) is 77.3. The van der Waals surface area contributed by atoms with Gasteiger partial charge in [0.2, 0.25) is 29.5 Å². The monoisotopic (exact) mass is 747 g/mol. The summed E-state index contributed by atoms with van der Waals surface area (Å²) in [7, 11) is 1.21. The van der Waals surface area contributed by atoms with Crippen LogP contribution in [0.25, 0.3) is 0 Å². The molecule has 0 aliphatic heterocycles. The Hall–Kier alpha value is -3.88. The maximum Gasteiger partial charge on any atom is 0.308 e. The van der Waals surface area contributed by atoms with Crippen molar-refractivity contribution in [2.75, 3.05) is 7.11 Å². The maximum absolute atomic E-state index is 13.8. The minimum atomic E-state index is -1.24. The third kappa shape index (κ3) is 19.1. The van der Waals surface area contributed by atoms with E-state index in [2.05, 4.69) is 31.3 Å². The molecule has 14 heteroatoms. The average molecular weight is 748 g/mol. The molecular formula is C39H65N5O9. The number of aliphatic hydroxyl groups is 2. The van der Waals surface area contributed by atoms with Crippen molar-refractivity contribution in [1.29, 1.82) is 0 Å². The Balaban J connectivity index is 3.07. The van der Waals surface area contributed by atoms with E-state index in [9.17, 15) is 39.0 Å². The van der Waals surface area contributed by atoms with Crippen molar-refractivity contribution in [3.8, 4) is 0 Å². The molecule has 0 bridgehead atoms. The minimum absolute atomic E-state index is 0.0373. The number of imide groups is 1. The van der Waals surface area contributed by atoms with Crippen LogP contribution in [0, 0.1) is 17.8 Å². The smallest absolute Gasteiger partial charge is 0.308 e. The summed E-state index contributed by atoms with van der Waals surface area (Å²) < 4.78 is 4.64. The van der Waals surface area contributed by atoms with E-state index in [1.54, 1.807) is 0 Å². The molecule has 1 aromatic rings. The number of amides is 5. The average Bonchev–Trinajstić information content (AvgIpc) is 3.06. The number of ether oxygens (including phenoxy) is 1. The zero-order valence-electron chi connectivity index (χ0n) is 33.1. The lowest BCUT2D eigenvalue weighted by Gasteiger charge is -2.31. The molecule has 0 aliphatic carbocycles. The van der Waals surface area contributed by atoms with Crippen molar-refractivity contribution >= 4 is 35.5 Å². The second-order valence-corrected chi connectivity index (χ2v) is 15.2. The van der Waals surface area contributed by atoms with Gasteiger partial charge in [0.25, 0.3) is 0 Å². The van der Waals surface area contributed by atoms with E-state index in [4.69, 9.17) is 0 Å². The van der Waals surface area contributed by atoms with E-state index in [1.807, 2.05) is 78.8 Å². The fourth-order valence-electron chi connectivity index (χ4n) is 5.88. The van der Waals surface area contributed by atoms with E-state index in [0.717, 1.165) is 5.56 Å². The molecular weight excluding hydrogens is 682 g/mol. The summed E-state index contributed by atoms with van der Waals surface area (Å²) in [6.45, 7) is 14.8. The summed E-state index contributed by atoms with van der Waals surface area (Å²) in [5, 5.41) is 35.7. The number of hydrogen-bond acceptors (Lipinski definition) is 10. The maximum atomic E-state index is 13.8. The zero-order valence-corrected chi connectivity index (χ0v) is 33.1. The number of esters is 1. The van der Waals surface area contributed by atoms with Gasteiger partial charge in [0, 0.05) is 18.9 Å². The third-order valence-corrected chi connectivity index (χ3v) is 8.56. The standard InChI is InChI=1S/C39H65N5O9/c1-10-14-28(38(51)43-31(20-27-15-12-11-13-16-27)39(52)44-34(47)19-25(6)7)41-29(17-23(2)3)32(45)21-35(48)40-26(8)37(50)42-30(18-24(4)5)33(46)22-36(49)53-9/h11-13,15-16,23-26,28-33,41,45-46H,10,14,17-22H2,1-9H3,(H,40,48)(H,42,50)(H,43,51)(H,44,47,52). The zero-order chi connectivity index (χ0) is 40.2. The lowest BCUT2D eigenvalue weighted by atomic mass is 9.95. The Kier molecular flexibility index (Phi) is 21.7. The Morgan fingerprint density at radius 1 is 0.660 bits per heavy atom. The third-order valence-electron chi connectivity index (χ3n) is 8.56. The van der Waals surface area contributed by atoms with Crippen molar-refractivity contribution in [3.05, 3.63) is 35.9 Å². The van der Waals surface area contributed by atoms with Gasteiger partial charge < -0.3 is 36.2 Å². The van der Waals surface area contributed by atoms with Crippen molar-refractivity contribution < 1.29 is 43.7 Å². The van der Waals surface area contributed by atoms with Crippen LogP contribution < -0.4 is 26.6 Å². The van der Waals surface area contributed by atoms with Gasteiger partial charge in [-0.3, -0.25) is 34.1 Å². The summed E-state index contributed by atoms with van der Waals surface area (Å²) in [6, 6.07) is 4.77. The number of aliphatic hydroxyl groups excluding tert-OH is 2. The van der Waals surface area contributed by atoms with Crippen molar-refractivity contribution in [3.63, 3.8) is 0 Å². The highest BCUT2D eigenvalue weighted by Crippen LogP contribution is 2.15. The quantitative estimate of drug-likeness (QED) is 0.0767. The number of hydrogen-bond donors (Lipinski definition) is 7. The van der Waals surface area contributed by atoms with E-state index in [1.165, 1.54) is 14.0 Å². The SMILES string of the molecule is CCCC(NC(CC(C)C)C(O)CC(=O)NC(C)C(=O)NC(CC(C)C)C(O)CC(=O)OC)C(=O)NC(Cc1ccccc1)C(=O)NC(=O)CC(C)C. The van der Waals surface area contributed by atoms with Gasteiger partial charge >= 0.3 is 5.97 Å². The van der Waals surface area contributed by atoms with Gasteiger partial charge in [0.15, 0.2) is 0 Å². The number of rotatable bonds is 24. The molecule has 0 aliphatic rings. The first-order chi connectivity index (χ1) is 24.9. The summed E-state index contributed by atoms with van der Waals surface area (Å²) >= 11 is 0. The van der Waals surface area contributed by atoms with Crippen molar-refractivity contribution in [1.82, 2.24) is 26.6 Å². The van der Waals surface area contributed by atoms with Gasteiger partial charge in [-0.25, -0.2) is 0 Å². The molecule has 0 saturated heterocycles. The number of carbonyl (C=O) groups excluding carboxylic acids is 6. The van der Waals surface area contributed by atoms with Gasteiger partial charge in [-0.1, -0.05) is 85.2 Å². The molecule has 7 N–H and O–H groups in total. The molecule has 0 heterocycles. The summed E-state index contributed by atoms with van der Waals surface area (Å²) in [6.07, 6.45) is -1.06. The first-order valence-corrected chi connectivity index (χ1v) is 18.8. The first-order valence-electron chi connectivity index (χ1n) is 18.8. The minimum Gasteiger partial charge on any atom is -0.469 e. The highest BCUT2D eigenvalue weighted by Gasteiger charge is 2.32. The van der Waals surface area contributed by atoms with Crippen LogP contribution >= 0.6 is 0 Å². The van der Waals surface area contributed by atoms with Crippen molar-refractivity contribution in [2.45, 2.75) is 149 Å². The van der Waals surface area contributed by atoms with Crippen LogP contribution in [0.4, 0.5) is 0 Å². The Labute approximate surface area is 315 Å². The molecule has 0 saturated carbocycles. The summed E-state index contributed by atoms with van der Waals surface area (Å²) in [5.74, 6) is -3.14. The topological polar surface area (TPSA) is 212 Å². The van der Waals surface area contributed by atoms with Gasteiger partial charge in [0.1, 0.15) is 12.1 Å². The molecule has 0 spiro atoms. The molecule has 300 valence electrons. The number of methoxy groups -OCH3 is 1. The molecule has 14 nitrogen and oxygen atoms in total. The molecule has 7 atom stereocenters.